The van der Waals surface area contributed by atoms with Crippen LogP contribution >= 0.6 is 11.3 Å². The number of thiazole rings is 1. The Labute approximate surface area is 118 Å². The highest BCUT2D eigenvalue weighted by atomic mass is 32.1. The smallest absolute Gasteiger partial charge is 0.129 e. The van der Waals surface area contributed by atoms with Gasteiger partial charge in [-0.3, -0.25) is 0 Å². The van der Waals surface area contributed by atoms with E-state index in [9.17, 15) is 0 Å². The maximum Gasteiger partial charge on any atom is 0.129 e. The molecule has 2 rings (SSSR count). The third-order valence-electron chi connectivity index (χ3n) is 2.95. The molecule has 1 aromatic carbocycles. The van der Waals surface area contributed by atoms with Crippen LogP contribution in [0.2, 0.25) is 0 Å². The average Bonchev–Trinajstić information content (AvgIpc) is 2.82. The van der Waals surface area contributed by atoms with Crippen molar-refractivity contribution in [2.45, 2.75) is 32.7 Å². The second-order valence-corrected chi connectivity index (χ2v) is 6.07. The van der Waals surface area contributed by atoms with Gasteiger partial charge in [-0.1, -0.05) is 19.1 Å². The van der Waals surface area contributed by atoms with Gasteiger partial charge in [-0.2, -0.15) is 0 Å². The summed E-state index contributed by atoms with van der Waals surface area (Å²) in [6, 6.07) is 7.95. The predicted octanol–water partition coefficient (Wildman–Crippen LogP) is 3.57. The highest BCUT2D eigenvalue weighted by Crippen LogP contribution is 2.37. The number of nitrogens with zero attached hydrogens (tertiary/aromatic N) is 1. The normalized spacial score (nSPS) is 11.6. The summed E-state index contributed by atoms with van der Waals surface area (Å²) in [6.45, 7) is 6.15. The van der Waals surface area contributed by atoms with Crippen LogP contribution < -0.4 is 10.5 Å². The topological polar surface area (TPSA) is 48.1 Å². The van der Waals surface area contributed by atoms with Gasteiger partial charge < -0.3 is 10.5 Å². The largest absolute Gasteiger partial charge is 0.496 e. The molecular formula is C15H20N2OS. The molecule has 0 aliphatic carbocycles. The average molecular weight is 276 g/mol. The summed E-state index contributed by atoms with van der Waals surface area (Å²) in [5.74, 6) is 0.847. The summed E-state index contributed by atoms with van der Waals surface area (Å²) < 4.78 is 5.40. The minimum absolute atomic E-state index is 0.358. The van der Waals surface area contributed by atoms with Gasteiger partial charge in [0.05, 0.1) is 18.4 Å². The first-order valence-electron chi connectivity index (χ1n) is 6.39. The van der Waals surface area contributed by atoms with E-state index < -0.39 is 0 Å². The molecule has 102 valence electrons. The minimum atomic E-state index is -0.358. The molecule has 19 heavy (non-hydrogen) atoms. The maximum absolute atomic E-state index is 6.23. The predicted molar refractivity (Wildman–Crippen MR) is 80.7 cm³/mol. The van der Waals surface area contributed by atoms with Gasteiger partial charge in [0.25, 0.3) is 0 Å². The SMILES string of the molecule is CCc1nc(-c2ccccc2OC)sc1C(C)(C)N. The van der Waals surface area contributed by atoms with E-state index >= 15 is 0 Å². The van der Waals surface area contributed by atoms with Crippen LogP contribution in [0.4, 0.5) is 0 Å². The molecule has 0 aliphatic rings. The first-order chi connectivity index (χ1) is 8.97. The zero-order chi connectivity index (χ0) is 14.0. The number of aryl methyl sites for hydroxylation is 1. The lowest BCUT2D eigenvalue weighted by Crippen LogP contribution is -2.28. The fraction of sp³-hybridized carbons (Fsp3) is 0.400. The third-order valence-corrected chi connectivity index (χ3v) is 4.43. The Morgan fingerprint density at radius 3 is 2.53 bits per heavy atom. The number of ether oxygens (including phenoxy) is 1. The lowest BCUT2D eigenvalue weighted by atomic mass is 10.0. The molecule has 0 saturated heterocycles. The van der Waals surface area contributed by atoms with E-state index in [4.69, 9.17) is 15.5 Å². The molecule has 3 nitrogen and oxygen atoms in total. The van der Waals surface area contributed by atoms with Gasteiger partial charge in [-0.05, 0) is 32.4 Å². The standard InChI is InChI=1S/C15H20N2OS/c1-5-11-13(15(2,3)16)19-14(17-11)10-8-6-7-9-12(10)18-4/h6-9H,5,16H2,1-4H3. The number of para-hydroxylation sites is 1. The molecule has 0 radical (unpaired) electrons. The Morgan fingerprint density at radius 1 is 1.32 bits per heavy atom. The Hall–Kier alpha value is -1.39. The van der Waals surface area contributed by atoms with Crippen LogP contribution in [-0.2, 0) is 12.0 Å². The van der Waals surface area contributed by atoms with Crippen LogP contribution in [0, 0.1) is 0 Å². The second-order valence-electron chi connectivity index (χ2n) is 5.07. The van der Waals surface area contributed by atoms with Crippen molar-refractivity contribution in [2.75, 3.05) is 7.11 Å². The highest BCUT2D eigenvalue weighted by Gasteiger charge is 2.23. The third kappa shape index (κ3) is 2.80. The molecule has 0 aliphatic heterocycles. The molecule has 0 bridgehead atoms. The number of benzene rings is 1. The Bertz CT molecular complexity index is 570. The zero-order valence-corrected chi connectivity index (χ0v) is 12.7. The van der Waals surface area contributed by atoms with Crippen LogP contribution in [0.3, 0.4) is 0 Å². The van der Waals surface area contributed by atoms with Crippen molar-refractivity contribution in [3.05, 3.63) is 34.8 Å². The van der Waals surface area contributed by atoms with Gasteiger partial charge >= 0.3 is 0 Å². The van der Waals surface area contributed by atoms with E-state index in [-0.39, 0.29) is 5.54 Å². The van der Waals surface area contributed by atoms with Crippen LogP contribution in [0.25, 0.3) is 10.6 Å². The van der Waals surface area contributed by atoms with Crippen molar-refractivity contribution in [3.63, 3.8) is 0 Å². The van der Waals surface area contributed by atoms with E-state index in [1.807, 2.05) is 38.1 Å². The van der Waals surface area contributed by atoms with Crippen LogP contribution in [0.1, 0.15) is 31.3 Å². The molecule has 0 spiro atoms. The second kappa shape index (κ2) is 5.31. The number of aromatic nitrogens is 1. The summed E-state index contributed by atoms with van der Waals surface area (Å²) in [5.41, 5.74) is 7.99. The van der Waals surface area contributed by atoms with Crippen molar-refractivity contribution in [2.24, 2.45) is 5.73 Å². The van der Waals surface area contributed by atoms with Gasteiger partial charge in [0.15, 0.2) is 0 Å². The van der Waals surface area contributed by atoms with Gasteiger partial charge in [0.2, 0.25) is 0 Å². The first kappa shape index (κ1) is 14.0. The fourth-order valence-corrected chi connectivity index (χ4v) is 3.23. The highest BCUT2D eigenvalue weighted by molar-refractivity contribution is 7.15. The first-order valence-corrected chi connectivity index (χ1v) is 7.21. The number of rotatable bonds is 4. The number of hydrogen-bond acceptors (Lipinski definition) is 4. The molecule has 2 aromatic rings. The van der Waals surface area contributed by atoms with Gasteiger partial charge in [0, 0.05) is 10.4 Å². The van der Waals surface area contributed by atoms with E-state index in [0.29, 0.717) is 0 Å². The molecule has 0 atom stereocenters. The summed E-state index contributed by atoms with van der Waals surface area (Å²) >= 11 is 1.66. The van der Waals surface area contributed by atoms with Crippen molar-refractivity contribution >= 4 is 11.3 Å². The lowest BCUT2D eigenvalue weighted by Gasteiger charge is -2.17. The van der Waals surface area contributed by atoms with Crippen LogP contribution in [0.15, 0.2) is 24.3 Å². The Balaban J connectivity index is 2.55. The van der Waals surface area contributed by atoms with Crippen molar-refractivity contribution in [3.8, 4) is 16.3 Å². The van der Waals surface area contributed by atoms with Gasteiger partial charge in [0.1, 0.15) is 10.8 Å². The van der Waals surface area contributed by atoms with Gasteiger partial charge in [-0.15, -0.1) is 11.3 Å². The maximum atomic E-state index is 6.23. The van der Waals surface area contributed by atoms with Crippen LogP contribution in [0.5, 0.6) is 5.75 Å². The molecule has 4 heteroatoms. The molecule has 1 aromatic heterocycles. The van der Waals surface area contributed by atoms with Gasteiger partial charge in [-0.25, -0.2) is 4.98 Å². The number of hydrogen-bond donors (Lipinski definition) is 1. The lowest BCUT2D eigenvalue weighted by molar-refractivity contribution is 0.416. The van der Waals surface area contributed by atoms with Crippen molar-refractivity contribution in [1.82, 2.24) is 4.98 Å². The molecule has 0 amide bonds. The molecule has 0 unspecified atom stereocenters. The Morgan fingerprint density at radius 2 is 2.00 bits per heavy atom. The molecule has 1 heterocycles. The zero-order valence-electron chi connectivity index (χ0n) is 11.9. The van der Waals surface area contributed by atoms with E-state index in [1.54, 1.807) is 18.4 Å². The van der Waals surface area contributed by atoms with E-state index in [2.05, 4.69) is 6.92 Å². The summed E-state index contributed by atoms with van der Waals surface area (Å²) in [5, 5.41) is 0.975. The summed E-state index contributed by atoms with van der Waals surface area (Å²) in [7, 11) is 1.68. The molecule has 0 fully saturated rings. The number of nitrogens with two attached hydrogens (primary N) is 1. The quantitative estimate of drug-likeness (QED) is 0.928. The summed E-state index contributed by atoms with van der Waals surface area (Å²) in [6.07, 6.45) is 0.890. The van der Waals surface area contributed by atoms with Crippen molar-refractivity contribution in [1.29, 1.82) is 0 Å². The van der Waals surface area contributed by atoms with E-state index in [0.717, 1.165) is 33.3 Å². The van der Waals surface area contributed by atoms with E-state index in [1.165, 1.54) is 0 Å². The summed E-state index contributed by atoms with van der Waals surface area (Å²) in [4.78, 5) is 5.88. The molecular weight excluding hydrogens is 256 g/mol. The molecule has 0 saturated carbocycles. The van der Waals surface area contributed by atoms with Crippen LogP contribution in [-0.4, -0.2) is 12.1 Å². The van der Waals surface area contributed by atoms with Crippen molar-refractivity contribution < 1.29 is 4.74 Å². The fourth-order valence-electron chi connectivity index (χ4n) is 2.03. The minimum Gasteiger partial charge on any atom is -0.496 e. The Kier molecular flexibility index (Phi) is 3.92. The molecule has 2 N–H and O–H groups in total. The monoisotopic (exact) mass is 276 g/mol. The number of methoxy groups -OCH3 is 1.